The lowest BCUT2D eigenvalue weighted by Gasteiger charge is -2.12. The van der Waals surface area contributed by atoms with Crippen LogP contribution in [0.3, 0.4) is 0 Å². The Hall–Kier alpha value is -0.630. The summed E-state index contributed by atoms with van der Waals surface area (Å²) in [4.78, 5) is 18.2. The normalized spacial score (nSPS) is 21.5. The zero-order valence-electron chi connectivity index (χ0n) is 7.05. The minimum Gasteiger partial charge on any atom is -0.324 e. The summed E-state index contributed by atoms with van der Waals surface area (Å²) in [5.41, 5.74) is 1.34. The third kappa shape index (κ3) is 1.55. The molecule has 0 saturated carbocycles. The van der Waals surface area contributed by atoms with Crippen molar-refractivity contribution in [3.63, 3.8) is 0 Å². The van der Waals surface area contributed by atoms with Crippen LogP contribution in [0.2, 0.25) is 0 Å². The van der Waals surface area contributed by atoms with Crippen molar-refractivity contribution in [2.75, 3.05) is 0 Å². The predicted octanol–water partition coefficient (Wildman–Crippen LogP) is 1.85. The third-order valence-corrected chi connectivity index (χ3v) is 3.86. The van der Waals surface area contributed by atoms with Crippen LogP contribution in [-0.2, 0) is 11.0 Å². The number of aryl methyl sites for hydroxylation is 1. The van der Waals surface area contributed by atoms with E-state index in [0.29, 0.717) is 6.42 Å². The van der Waals surface area contributed by atoms with E-state index in [1.165, 1.54) is 0 Å². The third-order valence-electron chi connectivity index (χ3n) is 2.51. The largest absolute Gasteiger partial charge is 0.332 e. The predicted molar refractivity (Wildman–Crippen MR) is 49.5 cm³/mol. The van der Waals surface area contributed by atoms with Crippen LogP contribution in [-0.4, -0.2) is 9.79 Å². The number of fused-ring (bicyclic) bond motifs is 1. The number of rotatable bonds is 1. The Balaban J connectivity index is 2.45. The minimum atomic E-state index is -3.95. The van der Waals surface area contributed by atoms with Gasteiger partial charge in [0.1, 0.15) is 0 Å². The second kappa shape index (κ2) is 2.95. The summed E-state index contributed by atoms with van der Waals surface area (Å²) in [5.74, 6) is 0. The Morgan fingerprint density at radius 3 is 2.69 bits per heavy atom. The van der Waals surface area contributed by atoms with E-state index in [1.807, 2.05) is 24.3 Å². The Morgan fingerprint density at radius 2 is 2.00 bits per heavy atom. The summed E-state index contributed by atoms with van der Waals surface area (Å²) in [5, 5.41) is 0. The molecule has 13 heavy (non-hydrogen) atoms. The van der Waals surface area contributed by atoms with Gasteiger partial charge in [0.2, 0.25) is 0 Å². The highest BCUT2D eigenvalue weighted by atomic mass is 31.2. The van der Waals surface area contributed by atoms with Crippen molar-refractivity contribution in [2.24, 2.45) is 0 Å². The quantitative estimate of drug-likeness (QED) is 0.677. The van der Waals surface area contributed by atoms with Gasteiger partial charge in [0, 0.05) is 0 Å². The maximum absolute atomic E-state index is 11.1. The van der Waals surface area contributed by atoms with Crippen LogP contribution in [0.15, 0.2) is 24.3 Å². The van der Waals surface area contributed by atoms with Crippen LogP contribution in [0.5, 0.6) is 0 Å². The van der Waals surface area contributed by atoms with Crippen molar-refractivity contribution in [1.82, 2.24) is 0 Å². The summed E-state index contributed by atoms with van der Waals surface area (Å²) in [6, 6.07) is 7.48. The van der Waals surface area contributed by atoms with Gasteiger partial charge in [-0.3, -0.25) is 4.57 Å². The topological polar surface area (TPSA) is 57.5 Å². The number of hydrogen-bond donors (Lipinski definition) is 2. The van der Waals surface area contributed by atoms with Crippen molar-refractivity contribution in [3.05, 3.63) is 35.4 Å². The zero-order chi connectivity index (χ0) is 9.47. The Labute approximate surface area is 76.6 Å². The standard InChI is InChI=1S/C9H11O3P/c10-13(11,12)9-6-5-7-3-1-2-4-8(7)9/h1-4,9H,5-6H2,(H2,10,11,12). The van der Waals surface area contributed by atoms with Crippen LogP contribution in [0.1, 0.15) is 23.2 Å². The van der Waals surface area contributed by atoms with Crippen molar-refractivity contribution < 1.29 is 14.4 Å². The summed E-state index contributed by atoms with van der Waals surface area (Å²) in [6.07, 6.45) is 1.36. The molecule has 0 aliphatic heterocycles. The lowest BCUT2D eigenvalue weighted by atomic mass is 10.1. The molecule has 70 valence electrons. The van der Waals surface area contributed by atoms with Crippen LogP contribution in [0.25, 0.3) is 0 Å². The lowest BCUT2D eigenvalue weighted by Crippen LogP contribution is -1.93. The van der Waals surface area contributed by atoms with Gasteiger partial charge in [0.15, 0.2) is 0 Å². The monoisotopic (exact) mass is 198 g/mol. The first-order valence-electron chi connectivity index (χ1n) is 4.22. The highest BCUT2D eigenvalue weighted by Gasteiger charge is 2.35. The first-order chi connectivity index (χ1) is 6.09. The first kappa shape index (κ1) is 8.95. The molecule has 1 atom stereocenters. The van der Waals surface area contributed by atoms with Gasteiger partial charge >= 0.3 is 7.60 Å². The highest BCUT2D eigenvalue weighted by Crippen LogP contribution is 2.57. The first-order valence-corrected chi connectivity index (χ1v) is 5.90. The molecule has 0 heterocycles. The van der Waals surface area contributed by atoms with Gasteiger partial charge in [-0.05, 0) is 24.0 Å². The molecule has 2 N–H and O–H groups in total. The fourth-order valence-electron chi connectivity index (χ4n) is 1.88. The molecule has 0 bridgehead atoms. The van der Waals surface area contributed by atoms with E-state index in [0.717, 1.165) is 17.5 Å². The molecule has 0 saturated heterocycles. The molecule has 2 rings (SSSR count). The van der Waals surface area contributed by atoms with Gasteiger partial charge < -0.3 is 9.79 Å². The summed E-state index contributed by atoms with van der Waals surface area (Å²) >= 11 is 0. The molecule has 0 fully saturated rings. The van der Waals surface area contributed by atoms with Gasteiger partial charge in [-0.1, -0.05) is 24.3 Å². The van der Waals surface area contributed by atoms with E-state index in [4.69, 9.17) is 9.79 Å². The number of benzene rings is 1. The van der Waals surface area contributed by atoms with E-state index >= 15 is 0 Å². The molecule has 0 radical (unpaired) electrons. The smallest absolute Gasteiger partial charge is 0.324 e. The maximum Gasteiger partial charge on any atom is 0.332 e. The van der Waals surface area contributed by atoms with Gasteiger partial charge in [0.25, 0.3) is 0 Å². The molecule has 1 aromatic rings. The SMILES string of the molecule is O=P(O)(O)C1CCc2ccccc21. The Morgan fingerprint density at radius 1 is 1.31 bits per heavy atom. The molecule has 1 aromatic carbocycles. The van der Waals surface area contributed by atoms with Crippen LogP contribution >= 0.6 is 7.60 Å². The zero-order valence-corrected chi connectivity index (χ0v) is 7.95. The molecule has 1 aliphatic rings. The molecule has 0 aromatic heterocycles. The molecular weight excluding hydrogens is 187 g/mol. The molecule has 1 aliphatic carbocycles. The highest BCUT2D eigenvalue weighted by molar-refractivity contribution is 7.52. The molecule has 3 nitrogen and oxygen atoms in total. The van der Waals surface area contributed by atoms with Gasteiger partial charge in [-0.25, -0.2) is 0 Å². The second-order valence-corrected chi connectivity index (χ2v) is 5.14. The fourth-order valence-corrected chi connectivity index (χ4v) is 2.96. The average Bonchev–Trinajstić information content (AvgIpc) is 2.45. The van der Waals surface area contributed by atoms with Crippen LogP contribution in [0, 0.1) is 0 Å². The van der Waals surface area contributed by atoms with Crippen molar-refractivity contribution in [1.29, 1.82) is 0 Å². The fraction of sp³-hybridized carbons (Fsp3) is 0.333. The molecule has 4 heteroatoms. The van der Waals surface area contributed by atoms with E-state index < -0.39 is 13.3 Å². The van der Waals surface area contributed by atoms with E-state index in [-0.39, 0.29) is 0 Å². The second-order valence-electron chi connectivity index (χ2n) is 3.34. The number of hydrogen-bond acceptors (Lipinski definition) is 1. The molecule has 1 unspecified atom stereocenters. The average molecular weight is 198 g/mol. The van der Waals surface area contributed by atoms with Crippen LogP contribution in [0.4, 0.5) is 0 Å². The van der Waals surface area contributed by atoms with Crippen molar-refractivity contribution in [3.8, 4) is 0 Å². The Bertz CT molecular complexity index is 369. The molecule has 0 amide bonds. The van der Waals surface area contributed by atoms with Crippen molar-refractivity contribution >= 4 is 7.60 Å². The summed E-state index contributed by atoms with van der Waals surface area (Å²) in [6.45, 7) is 0. The van der Waals surface area contributed by atoms with E-state index in [1.54, 1.807) is 0 Å². The molecular formula is C9H11O3P. The van der Waals surface area contributed by atoms with Gasteiger partial charge in [-0.15, -0.1) is 0 Å². The van der Waals surface area contributed by atoms with E-state index in [2.05, 4.69) is 0 Å². The van der Waals surface area contributed by atoms with Crippen molar-refractivity contribution in [2.45, 2.75) is 18.5 Å². The Kier molecular flexibility index (Phi) is 2.03. The minimum absolute atomic E-state index is 0.566. The van der Waals surface area contributed by atoms with E-state index in [9.17, 15) is 4.57 Å². The van der Waals surface area contributed by atoms with Gasteiger partial charge in [-0.2, -0.15) is 0 Å². The van der Waals surface area contributed by atoms with Gasteiger partial charge in [0.05, 0.1) is 5.66 Å². The summed E-state index contributed by atoms with van der Waals surface area (Å²) in [7, 11) is -3.95. The summed E-state index contributed by atoms with van der Waals surface area (Å²) < 4.78 is 11.1. The van der Waals surface area contributed by atoms with Crippen LogP contribution < -0.4 is 0 Å². The molecule has 0 spiro atoms. The maximum atomic E-state index is 11.1. The lowest BCUT2D eigenvalue weighted by molar-refractivity contribution is 0.358.